The fourth-order valence-corrected chi connectivity index (χ4v) is 2.55. The first-order valence-electron chi connectivity index (χ1n) is 7.93. The fourth-order valence-electron chi connectivity index (χ4n) is 2.37. The molecule has 2 amide bonds. The summed E-state index contributed by atoms with van der Waals surface area (Å²) in [6.07, 6.45) is 0. The van der Waals surface area contributed by atoms with E-state index in [1.165, 1.54) is 24.3 Å². The Labute approximate surface area is 162 Å². The third kappa shape index (κ3) is 4.34. The molecule has 1 aromatic heterocycles. The van der Waals surface area contributed by atoms with E-state index in [0.29, 0.717) is 16.4 Å². The van der Waals surface area contributed by atoms with E-state index in [-0.39, 0.29) is 11.3 Å². The number of nitrogens with two attached hydrogens (primary N) is 1. The Bertz CT molecular complexity index is 1130. The average Bonchev–Trinajstić information content (AvgIpc) is 2.66. The molecular formula is C18H14ClN5O4. The van der Waals surface area contributed by atoms with E-state index in [1.54, 1.807) is 24.3 Å². The molecule has 0 unspecified atom stereocenters. The number of halogens is 1. The van der Waals surface area contributed by atoms with Crippen LogP contribution in [0.15, 0.2) is 64.2 Å². The van der Waals surface area contributed by atoms with Crippen LogP contribution in [0.2, 0.25) is 5.02 Å². The molecule has 1 heterocycles. The molecule has 0 radical (unpaired) electrons. The Morgan fingerprint density at radius 3 is 2.36 bits per heavy atom. The summed E-state index contributed by atoms with van der Waals surface area (Å²) in [4.78, 5) is 51.3. The van der Waals surface area contributed by atoms with E-state index in [4.69, 9.17) is 17.4 Å². The van der Waals surface area contributed by atoms with Crippen molar-refractivity contribution in [3.63, 3.8) is 0 Å². The lowest BCUT2D eigenvalue weighted by molar-refractivity contribution is 0.0985. The van der Waals surface area contributed by atoms with Crippen molar-refractivity contribution in [1.29, 1.82) is 0 Å². The second-order valence-electron chi connectivity index (χ2n) is 5.69. The quantitative estimate of drug-likeness (QED) is 0.299. The summed E-state index contributed by atoms with van der Waals surface area (Å²) < 4.78 is 0. The molecule has 0 spiro atoms. The highest BCUT2D eigenvalue weighted by atomic mass is 35.5. The molecule has 3 rings (SSSR count). The van der Waals surface area contributed by atoms with E-state index in [9.17, 15) is 19.2 Å². The molecular weight excluding hydrogens is 386 g/mol. The summed E-state index contributed by atoms with van der Waals surface area (Å²) in [6.45, 7) is 0. The van der Waals surface area contributed by atoms with Crippen LogP contribution < -0.4 is 27.4 Å². The number of H-pyrrole nitrogens is 2. The Morgan fingerprint density at radius 2 is 1.71 bits per heavy atom. The van der Waals surface area contributed by atoms with E-state index in [2.05, 4.69) is 10.3 Å². The zero-order valence-corrected chi connectivity index (χ0v) is 15.0. The van der Waals surface area contributed by atoms with Gasteiger partial charge in [0.1, 0.15) is 5.69 Å². The normalized spacial score (nSPS) is 10.4. The molecule has 0 aliphatic rings. The molecule has 5 N–H and O–H groups in total. The van der Waals surface area contributed by atoms with Gasteiger partial charge in [0.2, 0.25) is 0 Å². The zero-order valence-electron chi connectivity index (χ0n) is 14.2. The first-order chi connectivity index (χ1) is 13.3. The molecule has 0 aliphatic carbocycles. The van der Waals surface area contributed by atoms with Crippen molar-refractivity contribution < 1.29 is 9.59 Å². The third-order valence-corrected chi connectivity index (χ3v) is 3.93. The van der Waals surface area contributed by atoms with Gasteiger partial charge in [-0.2, -0.15) is 0 Å². The Kier molecular flexibility index (Phi) is 5.39. The minimum absolute atomic E-state index is 0.192. The maximum absolute atomic E-state index is 12.5. The van der Waals surface area contributed by atoms with Crippen LogP contribution in [0.25, 0.3) is 0 Å². The second kappa shape index (κ2) is 7.91. The maximum atomic E-state index is 12.5. The summed E-state index contributed by atoms with van der Waals surface area (Å²) in [7, 11) is 0. The summed E-state index contributed by atoms with van der Waals surface area (Å²) in [5.74, 6) is 4.70. The van der Waals surface area contributed by atoms with Crippen molar-refractivity contribution in [1.82, 2.24) is 9.97 Å². The number of rotatable bonds is 4. The number of hydrazine groups is 1. The topological polar surface area (TPSA) is 141 Å². The predicted molar refractivity (Wildman–Crippen MR) is 105 cm³/mol. The highest BCUT2D eigenvalue weighted by Crippen LogP contribution is 2.19. The van der Waals surface area contributed by atoms with E-state index in [1.807, 2.05) is 4.98 Å². The number of benzene rings is 2. The number of anilines is 2. The lowest BCUT2D eigenvalue weighted by Gasteiger charge is -2.17. The van der Waals surface area contributed by atoms with Gasteiger partial charge in [-0.15, -0.1) is 0 Å². The lowest BCUT2D eigenvalue weighted by Crippen LogP contribution is -2.37. The van der Waals surface area contributed by atoms with Gasteiger partial charge in [-0.05, 0) is 42.5 Å². The Balaban J connectivity index is 1.74. The van der Waals surface area contributed by atoms with Gasteiger partial charge in [0.15, 0.2) is 0 Å². The standard InChI is InChI=1S/C18H14ClN5O4/c19-11-2-1-3-13(8-11)24(20)17(27)10-4-6-12(7-5-10)21-16(26)14-9-15(25)23-18(28)22-14/h1-9H,20H2,(H,21,26)(H2,22,23,25,28). The van der Waals surface area contributed by atoms with Gasteiger partial charge < -0.3 is 10.3 Å². The van der Waals surface area contributed by atoms with Gasteiger partial charge in [-0.1, -0.05) is 17.7 Å². The van der Waals surface area contributed by atoms with Crippen molar-refractivity contribution in [2.75, 3.05) is 10.3 Å². The zero-order chi connectivity index (χ0) is 20.3. The number of hydrogen-bond donors (Lipinski definition) is 4. The van der Waals surface area contributed by atoms with E-state index in [0.717, 1.165) is 11.1 Å². The molecule has 10 heteroatoms. The number of nitrogens with one attached hydrogen (secondary N) is 3. The highest BCUT2D eigenvalue weighted by molar-refractivity contribution is 6.31. The van der Waals surface area contributed by atoms with Gasteiger partial charge in [0, 0.05) is 22.3 Å². The molecule has 0 saturated heterocycles. The maximum Gasteiger partial charge on any atom is 0.326 e. The minimum atomic E-state index is -0.789. The van der Waals surface area contributed by atoms with Crippen molar-refractivity contribution in [2.24, 2.45) is 5.84 Å². The molecule has 2 aromatic carbocycles. The van der Waals surface area contributed by atoms with Crippen molar-refractivity contribution >= 4 is 34.8 Å². The van der Waals surface area contributed by atoms with Gasteiger partial charge in [0.05, 0.1) is 5.69 Å². The average molecular weight is 400 g/mol. The van der Waals surface area contributed by atoms with Crippen molar-refractivity contribution in [2.45, 2.75) is 0 Å². The number of carbonyl (C=O) groups is 2. The number of amides is 2. The Morgan fingerprint density at radius 1 is 1.00 bits per heavy atom. The SMILES string of the molecule is NN(C(=O)c1ccc(NC(=O)c2cc(=O)[nH]c(=O)[nH]2)cc1)c1cccc(Cl)c1. The van der Waals surface area contributed by atoms with Gasteiger partial charge in [0.25, 0.3) is 17.4 Å². The second-order valence-corrected chi connectivity index (χ2v) is 6.12. The molecule has 0 atom stereocenters. The number of carbonyl (C=O) groups excluding carboxylic acids is 2. The molecule has 0 aliphatic heterocycles. The number of hydrogen-bond acceptors (Lipinski definition) is 5. The lowest BCUT2D eigenvalue weighted by atomic mass is 10.1. The van der Waals surface area contributed by atoms with Crippen LogP contribution in [0.1, 0.15) is 20.8 Å². The summed E-state index contributed by atoms with van der Waals surface area (Å²) >= 11 is 5.90. The van der Waals surface area contributed by atoms with Crippen molar-refractivity contribution in [3.05, 3.63) is 91.7 Å². The van der Waals surface area contributed by atoms with Crippen LogP contribution >= 0.6 is 11.6 Å². The first kappa shape index (κ1) is 19.1. The molecule has 0 bridgehead atoms. The van der Waals surface area contributed by atoms with Crippen LogP contribution in [0, 0.1) is 0 Å². The third-order valence-electron chi connectivity index (χ3n) is 3.70. The molecule has 28 heavy (non-hydrogen) atoms. The first-order valence-corrected chi connectivity index (χ1v) is 8.31. The monoisotopic (exact) mass is 399 g/mol. The fraction of sp³-hybridized carbons (Fsp3) is 0. The highest BCUT2D eigenvalue weighted by Gasteiger charge is 2.15. The number of nitrogens with zero attached hydrogens (tertiary/aromatic N) is 1. The van der Waals surface area contributed by atoms with Crippen LogP contribution in [0.5, 0.6) is 0 Å². The molecule has 142 valence electrons. The molecule has 3 aromatic rings. The van der Waals surface area contributed by atoms with Gasteiger partial charge in [-0.25, -0.2) is 15.6 Å². The smallest absolute Gasteiger partial charge is 0.321 e. The largest absolute Gasteiger partial charge is 0.326 e. The molecule has 0 saturated carbocycles. The summed E-state index contributed by atoms with van der Waals surface area (Å²) in [6, 6.07) is 13.4. The minimum Gasteiger partial charge on any atom is -0.321 e. The van der Waals surface area contributed by atoms with Crippen molar-refractivity contribution in [3.8, 4) is 0 Å². The van der Waals surface area contributed by atoms with Gasteiger partial charge >= 0.3 is 5.69 Å². The summed E-state index contributed by atoms with van der Waals surface area (Å²) in [5, 5.41) is 3.91. The van der Waals surface area contributed by atoms with Crippen LogP contribution in [-0.2, 0) is 0 Å². The Hall–Kier alpha value is -3.69. The molecule has 0 fully saturated rings. The predicted octanol–water partition coefficient (Wildman–Crippen LogP) is 1.49. The number of aromatic nitrogens is 2. The molecule has 9 nitrogen and oxygen atoms in total. The van der Waals surface area contributed by atoms with Crippen LogP contribution in [-0.4, -0.2) is 21.8 Å². The number of aromatic amines is 2. The summed E-state index contributed by atoms with van der Waals surface area (Å²) in [5.41, 5.74) is -0.614. The van der Waals surface area contributed by atoms with Crippen LogP contribution in [0.3, 0.4) is 0 Å². The van der Waals surface area contributed by atoms with E-state index >= 15 is 0 Å². The van der Waals surface area contributed by atoms with Gasteiger partial charge in [-0.3, -0.25) is 19.4 Å². The van der Waals surface area contributed by atoms with E-state index < -0.39 is 23.1 Å². The van der Waals surface area contributed by atoms with Crippen LogP contribution in [0.4, 0.5) is 11.4 Å².